The van der Waals surface area contributed by atoms with Crippen molar-refractivity contribution in [2.24, 2.45) is 17.3 Å². The van der Waals surface area contributed by atoms with Crippen LogP contribution >= 0.6 is 0 Å². The summed E-state index contributed by atoms with van der Waals surface area (Å²) in [6, 6.07) is 4.24. The van der Waals surface area contributed by atoms with E-state index in [0.717, 1.165) is 43.5 Å². The molecule has 2 saturated carbocycles. The Balaban J connectivity index is 1.73. The lowest BCUT2D eigenvalue weighted by molar-refractivity contribution is -0.129. The number of ketones is 1. The second-order valence-corrected chi connectivity index (χ2v) is 7.58. The Morgan fingerprint density at radius 2 is 2.05 bits per heavy atom. The molecule has 0 bridgehead atoms. The van der Waals surface area contributed by atoms with Gasteiger partial charge in [-0.15, -0.1) is 0 Å². The second kappa shape index (κ2) is 4.74. The summed E-state index contributed by atoms with van der Waals surface area (Å²) in [4.78, 5) is 12.4. The summed E-state index contributed by atoms with van der Waals surface area (Å²) in [5.41, 5.74) is 9.82. The van der Waals surface area contributed by atoms with Gasteiger partial charge in [0.15, 0.2) is 0 Å². The first-order valence-corrected chi connectivity index (χ1v) is 8.55. The van der Waals surface area contributed by atoms with Crippen molar-refractivity contribution in [3.05, 3.63) is 23.3 Å². The lowest BCUT2D eigenvalue weighted by Gasteiger charge is -2.48. The van der Waals surface area contributed by atoms with E-state index in [0.29, 0.717) is 23.5 Å². The van der Waals surface area contributed by atoms with Gasteiger partial charge in [-0.1, -0.05) is 13.0 Å². The van der Waals surface area contributed by atoms with Crippen LogP contribution in [0.5, 0.6) is 5.75 Å². The highest BCUT2D eigenvalue weighted by Gasteiger charge is 2.54. The van der Waals surface area contributed by atoms with E-state index in [1.807, 2.05) is 6.07 Å². The molecule has 1 aromatic carbocycles. The summed E-state index contributed by atoms with van der Waals surface area (Å²) >= 11 is 0. The number of hydrogen-bond acceptors (Lipinski definition) is 3. The molecular formula is C19H25NO2. The normalized spacial score (nSPS) is 36.5. The molecule has 3 unspecified atom stereocenters. The lowest BCUT2D eigenvalue weighted by Crippen LogP contribution is -2.42. The zero-order chi connectivity index (χ0) is 15.5. The Labute approximate surface area is 132 Å². The molecule has 1 aromatic rings. The summed E-state index contributed by atoms with van der Waals surface area (Å²) in [6.07, 6.45) is 6.26. The molecule has 2 fully saturated rings. The smallest absolute Gasteiger partial charge is 0.142 e. The predicted molar refractivity (Wildman–Crippen MR) is 87.0 cm³/mol. The molecule has 0 saturated heterocycles. The summed E-state index contributed by atoms with van der Waals surface area (Å²) in [7, 11) is 1.68. The van der Waals surface area contributed by atoms with Gasteiger partial charge in [-0.3, -0.25) is 4.79 Å². The van der Waals surface area contributed by atoms with Gasteiger partial charge in [0.25, 0.3) is 0 Å². The van der Waals surface area contributed by atoms with E-state index in [2.05, 4.69) is 13.0 Å². The summed E-state index contributed by atoms with van der Waals surface area (Å²) in [5.74, 6) is 3.13. The molecular weight excluding hydrogens is 274 g/mol. The first kappa shape index (κ1) is 14.1. The van der Waals surface area contributed by atoms with Gasteiger partial charge >= 0.3 is 0 Å². The lowest BCUT2D eigenvalue weighted by atomic mass is 9.55. The number of hydrogen-bond donors (Lipinski definition) is 1. The number of anilines is 1. The van der Waals surface area contributed by atoms with Crippen LogP contribution in [0.15, 0.2) is 12.1 Å². The third-order valence-electron chi connectivity index (χ3n) is 6.85. The number of nitrogen functional groups attached to an aromatic ring is 1. The topological polar surface area (TPSA) is 52.3 Å². The van der Waals surface area contributed by atoms with Crippen molar-refractivity contribution in [2.75, 3.05) is 12.8 Å². The molecule has 0 spiro atoms. The maximum atomic E-state index is 12.4. The number of benzene rings is 1. The third-order valence-corrected chi connectivity index (χ3v) is 6.85. The van der Waals surface area contributed by atoms with Crippen molar-refractivity contribution >= 4 is 11.5 Å². The quantitative estimate of drug-likeness (QED) is 0.804. The van der Waals surface area contributed by atoms with Crippen LogP contribution < -0.4 is 10.5 Å². The molecule has 3 heteroatoms. The Bertz CT molecular complexity index is 639. The molecule has 22 heavy (non-hydrogen) atoms. The standard InChI is InChI=1S/C19H25NO2/c1-19-10-9-12-11-5-7-16(22-2)18(20)14(11)4-3-13(12)15(19)6-8-17(19)21/h5,7,12-13,15H,3-4,6,8-10,20H2,1-2H3/t12?,13?,15?,19-/m0/s1. The number of rotatable bonds is 1. The molecule has 4 atom stereocenters. The van der Waals surface area contributed by atoms with Crippen molar-refractivity contribution in [1.82, 2.24) is 0 Å². The van der Waals surface area contributed by atoms with Gasteiger partial charge in [0.2, 0.25) is 0 Å². The number of carbonyl (C=O) groups is 1. The second-order valence-electron chi connectivity index (χ2n) is 7.58. The highest BCUT2D eigenvalue weighted by Crippen LogP contribution is 2.60. The Hall–Kier alpha value is -1.51. The van der Waals surface area contributed by atoms with Crippen LogP contribution in [0.4, 0.5) is 5.69 Å². The number of methoxy groups -OCH3 is 1. The molecule has 0 amide bonds. The van der Waals surface area contributed by atoms with Crippen LogP contribution in [-0.2, 0) is 11.2 Å². The van der Waals surface area contributed by atoms with Crippen LogP contribution in [0.2, 0.25) is 0 Å². The number of fused-ring (bicyclic) bond motifs is 5. The van der Waals surface area contributed by atoms with Gasteiger partial charge in [0, 0.05) is 11.8 Å². The first-order chi connectivity index (χ1) is 10.6. The fraction of sp³-hybridized carbons (Fsp3) is 0.632. The Morgan fingerprint density at radius 1 is 1.23 bits per heavy atom. The molecule has 3 aliphatic carbocycles. The number of ether oxygens (including phenoxy) is 1. The van der Waals surface area contributed by atoms with Crippen LogP contribution in [0.3, 0.4) is 0 Å². The number of nitrogens with two attached hydrogens (primary N) is 1. The molecule has 0 aromatic heterocycles. The van der Waals surface area contributed by atoms with Gasteiger partial charge in [-0.05, 0) is 67.1 Å². The van der Waals surface area contributed by atoms with Crippen LogP contribution in [0.1, 0.15) is 56.1 Å². The third kappa shape index (κ3) is 1.71. The van der Waals surface area contributed by atoms with Crippen molar-refractivity contribution in [3.63, 3.8) is 0 Å². The molecule has 3 nitrogen and oxygen atoms in total. The Kier molecular flexibility index (Phi) is 3.04. The minimum absolute atomic E-state index is 0.0450. The molecule has 0 aliphatic heterocycles. The van der Waals surface area contributed by atoms with E-state index < -0.39 is 0 Å². The van der Waals surface area contributed by atoms with E-state index >= 15 is 0 Å². The van der Waals surface area contributed by atoms with E-state index in [1.165, 1.54) is 17.5 Å². The average Bonchev–Trinajstić information content (AvgIpc) is 2.83. The first-order valence-electron chi connectivity index (χ1n) is 8.55. The fourth-order valence-corrected chi connectivity index (χ4v) is 5.62. The molecule has 0 heterocycles. The van der Waals surface area contributed by atoms with Gasteiger partial charge in [0.1, 0.15) is 11.5 Å². The molecule has 2 N–H and O–H groups in total. The van der Waals surface area contributed by atoms with Crippen LogP contribution in [-0.4, -0.2) is 12.9 Å². The van der Waals surface area contributed by atoms with Crippen molar-refractivity contribution < 1.29 is 9.53 Å². The Morgan fingerprint density at radius 3 is 2.82 bits per heavy atom. The number of carbonyl (C=O) groups excluding carboxylic acids is 1. The van der Waals surface area contributed by atoms with E-state index in [1.54, 1.807) is 7.11 Å². The summed E-state index contributed by atoms with van der Waals surface area (Å²) in [5, 5.41) is 0. The zero-order valence-electron chi connectivity index (χ0n) is 13.5. The van der Waals surface area contributed by atoms with Crippen LogP contribution in [0, 0.1) is 17.3 Å². The predicted octanol–water partition coefficient (Wildman–Crippen LogP) is 3.70. The van der Waals surface area contributed by atoms with E-state index in [-0.39, 0.29) is 5.41 Å². The van der Waals surface area contributed by atoms with Crippen molar-refractivity contribution in [3.8, 4) is 5.75 Å². The SMILES string of the molecule is COc1ccc2c(c1N)CCC1C2CC[C@]2(C)C(=O)CCC12. The minimum atomic E-state index is -0.0450. The maximum absolute atomic E-state index is 12.4. The maximum Gasteiger partial charge on any atom is 0.142 e. The molecule has 4 rings (SSSR count). The van der Waals surface area contributed by atoms with Gasteiger partial charge in [-0.2, -0.15) is 0 Å². The highest BCUT2D eigenvalue weighted by molar-refractivity contribution is 5.87. The molecule has 3 aliphatic rings. The number of Topliss-reactive ketones (excluding diaryl/α,β-unsaturated/α-hetero) is 1. The van der Waals surface area contributed by atoms with E-state index in [4.69, 9.17) is 10.5 Å². The largest absolute Gasteiger partial charge is 0.495 e. The monoisotopic (exact) mass is 299 g/mol. The van der Waals surface area contributed by atoms with Gasteiger partial charge < -0.3 is 10.5 Å². The van der Waals surface area contributed by atoms with Crippen molar-refractivity contribution in [2.45, 2.75) is 51.4 Å². The summed E-state index contributed by atoms with van der Waals surface area (Å²) < 4.78 is 5.38. The fourth-order valence-electron chi connectivity index (χ4n) is 5.62. The molecule has 118 valence electrons. The summed E-state index contributed by atoms with van der Waals surface area (Å²) in [6.45, 7) is 2.22. The van der Waals surface area contributed by atoms with Gasteiger partial charge in [0.05, 0.1) is 12.8 Å². The minimum Gasteiger partial charge on any atom is -0.495 e. The highest BCUT2D eigenvalue weighted by atomic mass is 16.5. The molecule has 0 radical (unpaired) electrons. The zero-order valence-corrected chi connectivity index (χ0v) is 13.5. The van der Waals surface area contributed by atoms with E-state index in [9.17, 15) is 4.79 Å². The average molecular weight is 299 g/mol. The van der Waals surface area contributed by atoms with Gasteiger partial charge in [-0.25, -0.2) is 0 Å². The van der Waals surface area contributed by atoms with Crippen molar-refractivity contribution in [1.29, 1.82) is 0 Å². The van der Waals surface area contributed by atoms with Crippen LogP contribution in [0.25, 0.3) is 0 Å².